The van der Waals surface area contributed by atoms with Crippen LogP contribution in [0.1, 0.15) is 18.9 Å². The predicted molar refractivity (Wildman–Crippen MR) is 54.0 cm³/mol. The Bertz CT molecular complexity index is 286. The van der Waals surface area contributed by atoms with E-state index in [9.17, 15) is 0 Å². The summed E-state index contributed by atoms with van der Waals surface area (Å²) >= 11 is 5.78. The van der Waals surface area contributed by atoms with E-state index in [2.05, 4.69) is 11.4 Å². The first kappa shape index (κ1) is 10.1. The zero-order chi connectivity index (χ0) is 9.52. The van der Waals surface area contributed by atoms with Gasteiger partial charge in [-0.05, 0) is 24.1 Å². The molecule has 1 rings (SSSR count). The van der Waals surface area contributed by atoms with Crippen molar-refractivity contribution in [1.29, 1.82) is 0 Å². The normalized spacial score (nSPS) is 10.6. The lowest BCUT2D eigenvalue weighted by Gasteiger charge is -1.99. The maximum Gasteiger partial charge on any atom is 0.142 e. The molecule has 0 fully saturated rings. The van der Waals surface area contributed by atoms with E-state index in [0.717, 1.165) is 12.0 Å². The molecule has 0 atom stereocenters. The number of halogens is 1. The monoisotopic (exact) mass is 196 g/mol. The van der Waals surface area contributed by atoms with Gasteiger partial charge in [0, 0.05) is 5.02 Å². The molecule has 0 saturated carbocycles. The third-order valence-electron chi connectivity index (χ3n) is 1.41. The molecule has 1 aromatic carbocycles. The van der Waals surface area contributed by atoms with Crippen molar-refractivity contribution in [1.82, 2.24) is 0 Å². The van der Waals surface area contributed by atoms with E-state index in [4.69, 9.17) is 16.4 Å². The molecule has 0 saturated heterocycles. The highest BCUT2D eigenvalue weighted by Gasteiger charge is 1.92. The van der Waals surface area contributed by atoms with E-state index in [1.54, 1.807) is 0 Å². The molecule has 0 aliphatic carbocycles. The van der Waals surface area contributed by atoms with Gasteiger partial charge < -0.3 is 4.84 Å². The molecule has 3 heteroatoms. The summed E-state index contributed by atoms with van der Waals surface area (Å²) in [6.07, 6.45) is 3.46. The van der Waals surface area contributed by atoms with Crippen LogP contribution in [0, 0.1) is 0 Å². The first-order valence-electron chi connectivity index (χ1n) is 4.12. The largest absolute Gasteiger partial charge is 0.391 e. The summed E-state index contributed by atoms with van der Waals surface area (Å²) in [6.45, 7) is 2.39. The molecule has 0 bridgehead atoms. The molecule has 0 amide bonds. The van der Waals surface area contributed by atoms with Gasteiger partial charge in [0.2, 0.25) is 0 Å². The van der Waals surface area contributed by atoms with E-state index in [1.807, 2.05) is 31.2 Å². The summed E-state index contributed by atoms with van der Waals surface area (Å²) in [5, 5.41) is 4.33. The zero-order valence-electron chi connectivity index (χ0n) is 7.46. The fraction of sp³-hybridized carbons (Fsp3) is 0.300. The fourth-order valence-electron chi connectivity index (χ4n) is 0.844. The minimum atomic E-state index is 0.438. The molecule has 0 heterocycles. The van der Waals surface area contributed by atoms with Crippen molar-refractivity contribution >= 4 is 17.8 Å². The molecule has 0 spiro atoms. The van der Waals surface area contributed by atoms with Gasteiger partial charge in [0.05, 0.1) is 0 Å². The maximum atomic E-state index is 5.78. The van der Waals surface area contributed by atoms with Crippen molar-refractivity contribution in [2.75, 3.05) is 0 Å². The molecule has 0 aliphatic heterocycles. The summed E-state index contributed by atoms with van der Waals surface area (Å²) in [5.41, 5.74) is 1.01. The number of hydrogen-bond acceptors (Lipinski definition) is 2. The number of nitrogens with zero attached hydrogens (tertiary/aromatic N) is 1. The lowest BCUT2D eigenvalue weighted by atomic mass is 10.2. The molecule has 0 aromatic heterocycles. The Morgan fingerprint density at radius 1 is 1.54 bits per heavy atom. The number of rotatable bonds is 4. The molecule has 1 radical (unpaired) electrons. The minimum Gasteiger partial charge on any atom is -0.391 e. The molecule has 0 unspecified atom stereocenters. The van der Waals surface area contributed by atoms with Crippen LogP contribution in [0.2, 0.25) is 5.02 Å². The molecule has 69 valence electrons. The van der Waals surface area contributed by atoms with E-state index >= 15 is 0 Å². The molecule has 1 aromatic rings. The lowest BCUT2D eigenvalue weighted by molar-refractivity contribution is 0.131. The highest BCUT2D eigenvalue weighted by molar-refractivity contribution is 6.30. The maximum absolute atomic E-state index is 5.78. The van der Waals surface area contributed by atoms with Crippen molar-refractivity contribution in [3.63, 3.8) is 0 Å². The first-order chi connectivity index (χ1) is 6.33. The molecule has 0 N–H and O–H groups in total. The Morgan fingerprint density at radius 3 is 3.08 bits per heavy atom. The summed E-state index contributed by atoms with van der Waals surface area (Å²) in [4.78, 5) is 4.97. The van der Waals surface area contributed by atoms with Crippen LogP contribution < -0.4 is 0 Å². The SMILES string of the molecule is CC/[C]=N\OCc1cccc(Cl)c1. The highest BCUT2D eigenvalue weighted by Crippen LogP contribution is 2.11. The molecule has 2 nitrogen and oxygen atoms in total. The second-order valence-corrected chi connectivity index (χ2v) is 2.94. The topological polar surface area (TPSA) is 21.6 Å². The molecule has 0 aliphatic rings. The average Bonchev–Trinajstić information content (AvgIpc) is 2.13. The fourth-order valence-corrected chi connectivity index (χ4v) is 1.06. The van der Waals surface area contributed by atoms with Gasteiger partial charge in [-0.3, -0.25) is 0 Å². The van der Waals surface area contributed by atoms with Crippen molar-refractivity contribution in [2.45, 2.75) is 20.0 Å². The van der Waals surface area contributed by atoms with Crippen LogP contribution >= 0.6 is 11.6 Å². The number of hydrogen-bond donors (Lipinski definition) is 0. The third kappa shape index (κ3) is 3.95. The van der Waals surface area contributed by atoms with Crippen LogP contribution in [0.15, 0.2) is 29.4 Å². The summed E-state index contributed by atoms with van der Waals surface area (Å²) in [7, 11) is 0. The van der Waals surface area contributed by atoms with Crippen molar-refractivity contribution in [3.8, 4) is 0 Å². The quantitative estimate of drug-likeness (QED) is 0.536. The van der Waals surface area contributed by atoms with E-state index in [1.165, 1.54) is 0 Å². The van der Waals surface area contributed by atoms with Crippen LogP contribution in [0.3, 0.4) is 0 Å². The highest BCUT2D eigenvalue weighted by atomic mass is 35.5. The van der Waals surface area contributed by atoms with E-state index in [0.29, 0.717) is 11.6 Å². The van der Waals surface area contributed by atoms with Gasteiger partial charge in [0.25, 0.3) is 0 Å². The smallest absolute Gasteiger partial charge is 0.142 e. The van der Waals surface area contributed by atoms with Crippen molar-refractivity contribution < 1.29 is 4.84 Å². The Kier molecular flexibility index (Phi) is 4.33. The van der Waals surface area contributed by atoms with Gasteiger partial charge in [-0.25, -0.2) is 0 Å². The summed E-state index contributed by atoms with van der Waals surface area (Å²) in [5.74, 6) is 0. The minimum absolute atomic E-state index is 0.438. The second kappa shape index (κ2) is 5.60. The predicted octanol–water partition coefficient (Wildman–Crippen LogP) is 3.13. The Morgan fingerprint density at radius 2 is 2.38 bits per heavy atom. The second-order valence-electron chi connectivity index (χ2n) is 2.51. The Balaban J connectivity index is 2.41. The number of benzene rings is 1. The van der Waals surface area contributed by atoms with Gasteiger partial charge in [0.1, 0.15) is 12.8 Å². The van der Waals surface area contributed by atoms with E-state index < -0.39 is 0 Å². The van der Waals surface area contributed by atoms with Crippen LogP contribution in [0.25, 0.3) is 0 Å². The summed E-state index contributed by atoms with van der Waals surface area (Å²) < 4.78 is 0. The van der Waals surface area contributed by atoms with Crippen LogP contribution in [0.4, 0.5) is 0 Å². The molecule has 13 heavy (non-hydrogen) atoms. The van der Waals surface area contributed by atoms with Crippen LogP contribution in [0.5, 0.6) is 0 Å². The van der Waals surface area contributed by atoms with Crippen LogP contribution in [-0.2, 0) is 11.4 Å². The van der Waals surface area contributed by atoms with Crippen LogP contribution in [-0.4, -0.2) is 6.21 Å². The van der Waals surface area contributed by atoms with Gasteiger partial charge >= 0.3 is 0 Å². The van der Waals surface area contributed by atoms with Crippen molar-refractivity contribution in [2.24, 2.45) is 5.16 Å². The van der Waals surface area contributed by atoms with Gasteiger partial charge in [-0.15, -0.1) is 0 Å². The third-order valence-corrected chi connectivity index (χ3v) is 1.64. The van der Waals surface area contributed by atoms with Gasteiger partial charge in [0.15, 0.2) is 0 Å². The molecular formula is C10H11ClNO. The zero-order valence-corrected chi connectivity index (χ0v) is 8.21. The summed E-state index contributed by atoms with van der Waals surface area (Å²) in [6, 6.07) is 7.50. The average molecular weight is 197 g/mol. The van der Waals surface area contributed by atoms with Crippen molar-refractivity contribution in [3.05, 3.63) is 34.9 Å². The standard InChI is InChI=1S/C10H11ClNO/c1-2-6-12-13-8-9-4-3-5-10(11)7-9/h3-5,7H,2,8H2,1H3. The van der Waals surface area contributed by atoms with Gasteiger partial charge in [-0.1, -0.05) is 35.8 Å². The van der Waals surface area contributed by atoms with E-state index in [-0.39, 0.29) is 0 Å². The Hall–Kier alpha value is -1.02. The Labute approximate surface area is 83.2 Å². The van der Waals surface area contributed by atoms with Gasteiger partial charge in [-0.2, -0.15) is 0 Å². The first-order valence-corrected chi connectivity index (χ1v) is 4.50. The molecular weight excluding hydrogens is 186 g/mol. The lowest BCUT2D eigenvalue weighted by Crippen LogP contribution is -1.86.